The molecule has 2 aromatic carbocycles. The minimum atomic E-state index is -0.280. The predicted molar refractivity (Wildman–Crippen MR) is 99.5 cm³/mol. The number of carbonyl (C=O) groups is 2. The third-order valence-corrected chi connectivity index (χ3v) is 4.39. The number of likely N-dealkylation sites (N-methyl/N-ethyl adjacent to an activating group) is 1. The van der Waals surface area contributed by atoms with Crippen LogP contribution in [0.15, 0.2) is 42.5 Å². The monoisotopic (exact) mass is 355 g/mol. The van der Waals surface area contributed by atoms with E-state index >= 15 is 0 Å². The topological polar surface area (TPSA) is 52.7 Å². The highest BCUT2D eigenvalue weighted by atomic mass is 19.1. The van der Waals surface area contributed by atoms with Gasteiger partial charge in [0.1, 0.15) is 5.82 Å². The zero-order valence-electron chi connectivity index (χ0n) is 15.0. The number of nitrogens with one attached hydrogen (secondary N) is 1. The Morgan fingerprint density at radius 1 is 1.23 bits per heavy atom. The maximum atomic E-state index is 13.2. The van der Waals surface area contributed by atoms with Crippen LogP contribution in [0.25, 0.3) is 0 Å². The Labute approximate surface area is 152 Å². The number of halogens is 1. The molecule has 3 rings (SSSR count). The van der Waals surface area contributed by atoms with Crippen molar-refractivity contribution in [1.29, 1.82) is 0 Å². The van der Waals surface area contributed by atoms with Gasteiger partial charge in [-0.1, -0.05) is 12.1 Å². The first-order chi connectivity index (χ1) is 12.4. The molecule has 1 N–H and O–H groups in total. The highest BCUT2D eigenvalue weighted by molar-refractivity contribution is 5.96. The van der Waals surface area contributed by atoms with E-state index in [2.05, 4.69) is 5.32 Å². The number of amides is 2. The van der Waals surface area contributed by atoms with Crippen LogP contribution in [-0.2, 0) is 22.6 Å². The van der Waals surface area contributed by atoms with Gasteiger partial charge >= 0.3 is 0 Å². The summed E-state index contributed by atoms with van der Waals surface area (Å²) in [6, 6.07) is 12.0. The summed E-state index contributed by atoms with van der Waals surface area (Å²) in [6.45, 7) is 2.92. The van der Waals surface area contributed by atoms with Gasteiger partial charge in [0.15, 0.2) is 0 Å². The molecule has 0 radical (unpaired) electrons. The number of hydrogen-bond acceptors (Lipinski definition) is 3. The summed E-state index contributed by atoms with van der Waals surface area (Å²) in [4.78, 5) is 27.4. The molecule has 0 saturated carbocycles. The number of hydrogen-bond donors (Lipinski definition) is 1. The first kappa shape index (κ1) is 18.1. The summed E-state index contributed by atoms with van der Waals surface area (Å²) in [5.74, 6) is -0.386. The van der Waals surface area contributed by atoms with Crippen molar-refractivity contribution < 1.29 is 14.0 Å². The average molecular weight is 355 g/mol. The highest BCUT2D eigenvalue weighted by Gasteiger charge is 2.22. The van der Waals surface area contributed by atoms with E-state index in [4.69, 9.17) is 0 Å². The van der Waals surface area contributed by atoms with Crippen molar-refractivity contribution in [2.45, 2.75) is 19.9 Å². The fourth-order valence-electron chi connectivity index (χ4n) is 3.26. The molecule has 2 amide bonds. The third-order valence-electron chi connectivity index (χ3n) is 4.39. The lowest BCUT2D eigenvalue weighted by Gasteiger charge is -2.17. The van der Waals surface area contributed by atoms with Crippen LogP contribution in [0.1, 0.15) is 18.1 Å². The maximum absolute atomic E-state index is 13.2. The number of benzene rings is 2. The van der Waals surface area contributed by atoms with Gasteiger partial charge in [-0.15, -0.1) is 0 Å². The van der Waals surface area contributed by atoms with Gasteiger partial charge in [0, 0.05) is 31.4 Å². The lowest BCUT2D eigenvalue weighted by molar-refractivity contribution is -0.117. The lowest BCUT2D eigenvalue weighted by Crippen LogP contribution is -2.29. The van der Waals surface area contributed by atoms with Crippen LogP contribution in [0.5, 0.6) is 0 Å². The number of carbonyl (C=O) groups excluding carboxylic acids is 2. The first-order valence-electron chi connectivity index (χ1n) is 8.56. The summed E-state index contributed by atoms with van der Waals surface area (Å²) >= 11 is 0. The van der Waals surface area contributed by atoms with Crippen LogP contribution in [0.3, 0.4) is 0 Å². The summed E-state index contributed by atoms with van der Waals surface area (Å²) < 4.78 is 13.2. The van der Waals surface area contributed by atoms with Crippen molar-refractivity contribution in [2.75, 3.05) is 30.4 Å². The largest absolute Gasteiger partial charge is 0.325 e. The molecule has 26 heavy (non-hydrogen) atoms. The van der Waals surface area contributed by atoms with E-state index in [1.807, 2.05) is 36.2 Å². The molecule has 0 atom stereocenters. The summed E-state index contributed by atoms with van der Waals surface area (Å²) in [7, 11) is 1.82. The van der Waals surface area contributed by atoms with Gasteiger partial charge in [-0.25, -0.2) is 4.39 Å². The van der Waals surface area contributed by atoms with Gasteiger partial charge in [-0.2, -0.15) is 0 Å². The number of fused-ring (bicyclic) bond motifs is 1. The van der Waals surface area contributed by atoms with Crippen LogP contribution < -0.4 is 10.2 Å². The van der Waals surface area contributed by atoms with E-state index in [0.717, 1.165) is 28.9 Å². The van der Waals surface area contributed by atoms with Gasteiger partial charge < -0.3 is 10.2 Å². The van der Waals surface area contributed by atoms with Crippen molar-refractivity contribution in [2.24, 2.45) is 0 Å². The normalized spacial score (nSPS) is 13.0. The van der Waals surface area contributed by atoms with E-state index in [-0.39, 0.29) is 24.2 Å². The molecule has 2 aromatic rings. The number of anilines is 2. The van der Waals surface area contributed by atoms with Crippen molar-refractivity contribution in [3.8, 4) is 0 Å². The van der Waals surface area contributed by atoms with E-state index in [0.29, 0.717) is 13.1 Å². The second kappa shape index (κ2) is 7.66. The first-order valence-corrected chi connectivity index (χ1v) is 8.56. The lowest BCUT2D eigenvalue weighted by atomic mass is 10.1. The van der Waals surface area contributed by atoms with Crippen molar-refractivity contribution in [3.05, 3.63) is 59.4 Å². The molecule has 0 saturated heterocycles. The van der Waals surface area contributed by atoms with E-state index in [1.165, 1.54) is 12.1 Å². The Morgan fingerprint density at radius 2 is 2.04 bits per heavy atom. The highest BCUT2D eigenvalue weighted by Crippen LogP contribution is 2.30. The fraction of sp³-hybridized carbons (Fsp3) is 0.300. The Bertz CT molecular complexity index is 838. The molecule has 5 nitrogen and oxygen atoms in total. The smallest absolute Gasteiger partial charge is 0.238 e. The molecule has 0 unspecified atom stereocenters. The van der Waals surface area contributed by atoms with Gasteiger partial charge in [0.25, 0.3) is 0 Å². The SMILES string of the molecule is CC(=O)N1CCc2cc(NC(=O)CN(C)Cc3cccc(F)c3)ccc21. The second-order valence-electron chi connectivity index (χ2n) is 6.61. The van der Waals surface area contributed by atoms with Crippen molar-refractivity contribution in [1.82, 2.24) is 4.90 Å². The molecule has 136 valence electrons. The standard InChI is InChI=1S/C20H22FN3O2/c1-14(25)24-9-8-16-11-18(6-7-19(16)24)22-20(26)13-23(2)12-15-4-3-5-17(21)10-15/h3-7,10-11H,8-9,12-13H2,1-2H3,(H,22,26). The average Bonchev–Trinajstić information content (AvgIpc) is 2.97. The Kier molecular flexibility index (Phi) is 5.32. The van der Waals surface area contributed by atoms with Crippen LogP contribution in [0, 0.1) is 5.82 Å². The second-order valence-corrected chi connectivity index (χ2v) is 6.61. The zero-order chi connectivity index (χ0) is 18.7. The minimum Gasteiger partial charge on any atom is -0.325 e. The maximum Gasteiger partial charge on any atom is 0.238 e. The van der Waals surface area contributed by atoms with E-state index in [9.17, 15) is 14.0 Å². The fourth-order valence-corrected chi connectivity index (χ4v) is 3.26. The van der Waals surface area contributed by atoms with Gasteiger partial charge in [0.05, 0.1) is 6.54 Å². The zero-order valence-corrected chi connectivity index (χ0v) is 15.0. The van der Waals surface area contributed by atoms with Gasteiger partial charge in [0.2, 0.25) is 11.8 Å². The Balaban J connectivity index is 1.57. The molecule has 1 heterocycles. The molecule has 0 bridgehead atoms. The molecular weight excluding hydrogens is 333 g/mol. The van der Waals surface area contributed by atoms with Gasteiger partial charge in [-0.05, 0) is 54.9 Å². The molecule has 0 fully saturated rings. The molecule has 6 heteroatoms. The molecule has 0 aromatic heterocycles. The molecular formula is C20H22FN3O2. The van der Waals surface area contributed by atoms with E-state index < -0.39 is 0 Å². The molecule has 1 aliphatic heterocycles. The minimum absolute atomic E-state index is 0.0273. The Hall–Kier alpha value is -2.73. The summed E-state index contributed by atoms with van der Waals surface area (Å²) in [5.41, 5.74) is 3.52. The predicted octanol–water partition coefficient (Wildman–Crippen LogP) is 2.81. The van der Waals surface area contributed by atoms with Crippen molar-refractivity contribution >= 4 is 23.2 Å². The van der Waals surface area contributed by atoms with Crippen LogP contribution in [0.2, 0.25) is 0 Å². The van der Waals surface area contributed by atoms with Crippen LogP contribution >= 0.6 is 0 Å². The van der Waals surface area contributed by atoms with Gasteiger partial charge in [-0.3, -0.25) is 14.5 Å². The number of nitrogens with zero attached hydrogens (tertiary/aromatic N) is 2. The quantitative estimate of drug-likeness (QED) is 0.897. The molecule has 1 aliphatic rings. The Morgan fingerprint density at radius 3 is 2.77 bits per heavy atom. The number of rotatable bonds is 5. The summed E-state index contributed by atoms with van der Waals surface area (Å²) in [6.07, 6.45) is 0.790. The summed E-state index contributed by atoms with van der Waals surface area (Å²) in [5, 5.41) is 2.89. The van der Waals surface area contributed by atoms with E-state index in [1.54, 1.807) is 17.9 Å². The van der Waals surface area contributed by atoms with Crippen LogP contribution in [0.4, 0.5) is 15.8 Å². The third kappa shape index (κ3) is 4.26. The molecule has 0 aliphatic carbocycles. The van der Waals surface area contributed by atoms with Crippen molar-refractivity contribution in [3.63, 3.8) is 0 Å². The molecule has 0 spiro atoms. The van der Waals surface area contributed by atoms with Crippen LogP contribution in [-0.4, -0.2) is 36.9 Å².